The Hall–Kier alpha value is -2.61. The number of rotatable bonds is 6. The SMILES string of the molecule is Cc1ccc(CNC(=O)CCCc2ccc3ccccc3c2)cc1. The first-order valence-corrected chi connectivity index (χ1v) is 8.51. The Morgan fingerprint density at radius 3 is 2.38 bits per heavy atom. The lowest BCUT2D eigenvalue weighted by molar-refractivity contribution is -0.121. The highest BCUT2D eigenvalue weighted by atomic mass is 16.1. The quantitative estimate of drug-likeness (QED) is 0.696. The number of amides is 1. The van der Waals surface area contributed by atoms with E-state index < -0.39 is 0 Å². The van der Waals surface area contributed by atoms with Crippen LogP contribution >= 0.6 is 0 Å². The Morgan fingerprint density at radius 2 is 1.58 bits per heavy atom. The standard InChI is InChI=1S/C22H23NO/c1-17-9-11-19(12-10-17)16-23-22(24)8-4-5-18-13-14-20-6-2-3-7-21(20)15-18/h2-3,6-7,9-15H,4-5,8,16H2,1H3,(H,23,24). The molecule has 24 heavy (non-hydrogen) atoms. The molecule has 0 fully saturated rings. The Balaban J connectivity index is 1.44. The highest BCUT2D eigenvalue weighted by molar-refractivity contribution is 5.83. The minimum atomic E-state index is 0.122. The Morgan fingerprint density at radius 1 is 0.875 bits per heavy atom. The van der Waals surface area contributed by atoms with E-state index in [1.807, 2.05) is 0 Å². The van der Waals surface area contributed by atoms with Crippen molar-refractivity contribution < 1.29 is 4.79 Å². The minimum Gasteiger partial charge on any atom is -0.352 e. The van der Waals surface area contributed by atoms with Gasteiger partial charge in [-0.25, -0.2) is 0 Å². The van der Waals surface area contributed by atoms with Crippen LogP contribution in [0.25, 0.3) is 10.8 Å². The number of nitrogens with one attached hydrogen (secondary N) is 1. The van der Waals surface area contributed by atoms with Crippen LogP contribution in [0.2, 0.25) is 0 Å². The van der Waals surface area contributed by atoms with Gasteiger partial charge in [-0.15, -0.1) is 0 Å². The summed E-state index contributed by atoms with van der Waals surface area (Å²) in [4.78, 5) is 12.0. The maximum absolute atomic E-state index is 12.0. The van der Waals surface area contributed by atoms with E-state index >= 15 is 0 Å². The molecule has 1 amide bonds. The summed E-state index contributed by atoms with van der Waals surface area (Å²) in [7, 11) is 0. The topological polar surface area (TPSA) is 29.1 Å². The molecule has 0 spiro atoms. The van der Waals surface area contributed by atoms with Crippen molar-refractivity contribution in [2.24, 2.45) is 0 Å². The summed E-state index contributed by atoms with van der Waals surface area (Å²) in [5.74, 6) is 0.122. The molecule has 0 unspecified atom stereocenters. The van der Waals surface area contributed by atoms with Crippen LogP contribution < -0.4 is 5.32 Å². The Bertz CT molecular complexity index is 821. The van der Waals surface area contributed by atoms with E-state index in [1.165, 1.54) is 21.9 Å². The van der Waals surface area contributed by atoms with Crippen LogP contribution in [0.1, 0.15) is 29.5 Å². The third-order valence-electron chi connectivity index (χ3n) is 4.29. The summed E-state index contributed by atoms with van der Waals surface area (Å²) >= 11 is 0. The predicted octanol–water partition coefficient (Wildman–Crippen LogP) is 4.79. The van der Waals surface area contributed by atoms with Crippen LogP contribution in [-0.4, -0.2) is 5.91 Å². The fourth-order valence-electron chi connectivity index (χ4n) is 2.84. The second-order valence-electron chi connectivity index (χ2n) is 6.30. The van der Waals surface area contributed by atoms with Crippen molar-refractivity contribution in [1.29, 1.82) is 0 Å². The molecule has 0 bridgehead atoms. The molecule has 1 N–H and O–H groups in total. The van der Waals surface area contributed by atoms with E-state index in [9.17, 15) is 4.79 Å². The van der Waals surface area contributed by atoms with Crippen molar-refractivity contribution in [3.05, 3.63) is 83.4 Å². The molecule has 3 rings (SSSR count). The highest BCUT2D eigenvalue weighted by Crippen LogP contribution is 2.17. The molecule has 0 aliphatic heterocycles. The second-order valence-corrected chi connectivity index (χ2v) is 6.30. The summed E-state index contributed by atoms with van der Waals surface area (Å²) < 4.78 is 0. The van der Waals surface area contributed by atoms with Gasteiger partial charge in [0.1, 0.15) is 0 Å². The number of carbonyl (C=O) groups excluding carboxylic acids is 1. The molecule has 0 atom stereocenters. The van der Waals surface area contributed by atoms with E-state index in [4.69, 9.17) is 0 Å². The third kappa shape index (κ3) is 4.45. The molecule has 3 aromatic rings. The molecule has 0 radical (unpaired) electrons. The van der Waals surface area contributed by atoms with Gasteiger partial charge in [-0.1, -0.05) is 72.3 Å². The lowest BCUT2D eigenvalue weighted by atomic mass is 10.0. The van der Waals surface area contributed by atoms with Gasteiger partial charge in [0.2, 0.25) is 5.91 Å². The summed E-state index contributed by atoms with van der Waals surface area (Å²) in [5.41, 5.74) is 3.67. The van der Waals surface area contributed by atoms with Gasteiger partial charge in [-0.2, -0.15) is 0 Å². The van der Waals surface area contributed by atoms with Gasteiger partial charge >= 0.3 is 0 Å². The lowest BCUT2D eigenvalue weighted by Crippen LogP contribution is -2.22. The number of benzene rings is 3. The molecule has 2 heteroatoms. The molecule has 0 aliphatic rings. The number of carbonyl (C=O) groups is 1. The van der Waals surface area contributed by atoms with Crippen molar-refractivity contribution >= 4 is 16.7 Å². The zero-order chi connectivity index (χ0) is 16.8. The van der Waals surface area contributed by atoms with Gasteiger partial charge < -0.3 is 5.32 Å². The fourth-order valence-corrected chi connectivity index (χ4v) is 2.84. The van der Waals surface area contributed by atoms with Crippen LogP contribution in [-0.2, 0) is 17.8 Å². The van der Waals surface area contributed by atoms with Crippen LogP contribution in [0.3, 0.4) is 0 Å². The van der Waals surface area contributed by atoms with E-state index in [-0.39, 0.29) is 5.91 Å². The minimum absolute atomic E-state index is 0.122. The van der Waals surface area contributed by atoms with Crippen molar-refractivity contribution in [3.8, 4) is 0 Å². The molecule has 0 saturated heterocycles. The first-order chi connectivity index (χ1) is 11.7. The fraction of sp³-hybridized carbons (Fsp3) is 0.227. The van der Waals surface area contributed by atoms with Crippen LogP contribution in [0, 0.1) is 6.92 Å². The smallest absolute Gasteiger partial charge is 0.220 e. The van der Waals surface area contributed by atoms with Gasteiger partial charge in [-0.05, 0) is 41.7 Å². The summed E-state index contributed by atoms with van der Waals surface area (Å²) in [6.07, 6.45) is 2.37. The van der Waals surface area contributed by atoms with Crippen LogP contribution in [0.4, 0.5) is 0 Å². The molecule has 122 valence electrons. The lowest BCUT2D eigenvalue weighted by Gasteiger charge is -2.07. The van der Waals surface area contributed by atoms with Gasteiger partial charge in [0.15, 0.2) is 0 Å². The molecule has 3 aromatic carbocycles. The number of hydrogen-bond donors (Lipinski definition) is 1. The summed E-state index contributed by atoms with van der Waals surface area (Å²) in [5, 5.41) is 5.52. The van der Waals surface area contributed by atoms with E-state index in [1.54, 1.807) is 0 Å². The molecule has 0 saturated carbocycles. The summed E-state index contributed by atoms with van der Waals surface area (Å²) in [6, 6.07) is 23.2. The van der Waals surface area contributed by atoms with Gasteiger partial charge in [-0.3, -0.25) is 4.79 Å². The highest BCUT2D eigenvalue weighted by Gasteiger charge is 2.03. The first-order valence-electron chi connectivity index (χ1n) is 8.51. The zero-order valence-electron chi connectivity index (χ0n) is 14.1. The van der Waals surface area contributed by atoms with Crippen molar-refractivity contribution in [1.82, 2.24) is 5.32 Å². The predicted molar refractivity (Wildman–Crippen MR) is 99.9 cm³/mol. The maximum Gasteiger partial charge on any atom is 0.220 e. The van der Waals surface area contributed by atoms with Crippen molar-refractivity contribution in [3.63, 3.8) is 0 Å². The largest absolute Gasteiger partial charge is 0.352 e. The van der Waals surface area contributed by atoms with Crippen molar-refractivity contribution in [2.45, 2.75) is 32.7 Å². The van der Waals surface area contributed by atoms with Crippen LogP contribution in [0.5, 0.6) is 0 Å². The molecule has 2 nitrogen and oxygen atoms in total. The van der Waals surface area contributed by atoms with Gasteiger partial charge in [0, 0.05) is 13.0 Å². The van der Waals surface area contributed by atoms with Gasteiger partial charge in [0.25, 0.3) is 0 Å². The maximum atomic E-state index is 12.0. The average Bonchev–Trinajstić information content (AvgIpc) is 2.61. The normalized spacial score (nSPS) is 10.7. The number of hydrogen-bond acceptors (Lipinski definition) is 1. The Kier molecular flexibility index (Phi) is 5.27. The Labute approximate surface area is 143 Å². The molecule has 0 aromatic heterocycles. The number of fused-ring (bicyclic) bond motifs is 1. The zero-order valence-corrected chi connectivity index (χ0v) is 14.1. The molecule has 0 aliphatic carbocycles. The monoisotopic (exact) mass is 317 g/mol. The summed E-state index contributed by atoms with van der Waals surface area (Å²) in [6.45, 7) is 2.67. The molecule has 0 heterocycles. The first kappa shape index (κ1) is 16.3. The van der Waals surface area contributed by atoms with Crippen LogP contribution in [0.15, 0.2) is 66.7 Å². The average molecular weight is 317 g/mol. The number of aryl methyl sites for hydroxylation is 2. The molecular weight excluding hydrogens is 294 g/mol. The van der Waals surface area contributed by atoms with Gasteiger partial charge in [0.05, 0.1) is 0 Å². The second kappa shape index (κ2) is 7.78. The van der Waals surface area contributed by atoms with E-state index in [2.05, 4.69) is 79.0 Å². The van der Waals surface area contributed by atoms with Crippen molar-refractivity contribution in [2.75, 3.05) is 0 Å². The molecular formula is C22H23NO. The van der Waals surface area contributed by atoms with E-state index in [0.717, 1.165) is 18.4 Å². The van der Waals surface area contributed by atoms with E-state index in [0.29, 0.717) is 13.0 Å². The third-order valence-corrected chi connectivity index (χ3v) is 4.29.